The smallest absolute Gasteiger partial charge is 0.237 e. The highest BCUT2D eigenvalue weighted by atomic mass is 16.5. The van der Waals surface area contributed by atoms with Crippen LogP contribution in [0.4, 0.5) is 0 Å². The summed E-state index contributed by atoms with van der Waals surface area (Å²) in [5.74, 6) is 2.33. The van der Waals surface area contributed by atoms with Crippen LogP contribution in [-0.4, -0.2) is 42.0 Å². The second-order valence-corrected chi connectivity index (χ2v) is 6.27. The SMILES string of the molecule is COc1ccccc1-c1cnc(CN2CCNC(=O)C2C(C)C)o1. The number of oxazole rings is 1. The molecule has 2 aromatic rings. The number of piperazine rings is 1. The summed E-state index contributed by atoms with van der Waals surface area (Å²) in [6.07, 6.45) is 1.71. The van der Waals surface area contributed by atoms with Gasteiger partial charge in [0.05, 0.1) is 31.5 Å². The van der Waals surface area contributed by atoms with E-state index in [2.05, 4.69) is 29.0 Å². The van der Waals surface area contributed by atoms with E-state index in [1.54, 1.807) is 13.3 Å². The molecule has 1 saturated heterocycles. The van der Waals surface area contributed by atoms with Crippen molar-refractivity contribution in [2.24, 2.45) is 5.92 Å². The predicted molar refractivity (Wildman–Crippen MR) is 90.5 cm³/mol. The van der Waals surface area contributed by atoms with Gasteiger partial charge in [-0.2, -0.15) is 0 Å². The number of carbonyl (C=O) groups is 1. The molecule has 1 N–H and O–H groups in total. The Kier molecular flexibility index (Phi) is 4.85. The van der Waals surface area contributed by atoms with Gasteiger partial charge in [-0.15, -0.1) is 0 Å². The van der Waals surface area contributed by atoms with Crippen molar-refractivity contribution in [3.05, 3.63) is 36.4 Å². The maximum atomic E-state index is 12.1. The van der Waals surface area contributed by atoms with Gasteiger partial charge in [0.25, 0.3) is 0 Å². The van der Waals surface area contributed by atoms with Gasteiger partial charge in [-0.3, -0.25) is 9.69 Å². The summed E-state index contributed by atoms with van der Waals surface area (Å²) < 4.78 is 11.3. The van der Waals surface area contributed by atoms with Crippen molar-refractivity contribution in [2.45, 2.75) is 26.4 Å². The minimum absolute atomic E-state index is 0.0766. The molecule has 6 nitrogen and oxygen atoms in total. The molecule has 1 aromatic carbocycles. The van der Waals surface area contributed by atoms with Crippen LogP contribution in [0.15, 0.2) is 34.9 Å². The van der Waals surface area contributed by atoms with Crippen molar-refractivity contribution in [1.29, 1.82) is 0 Å². The zero-order valence-corrected chi connectivity index (χ0v) is 14.3. The molecule has 0 radical (unpaired) electrons. The molecule has 0 spiro atoms. The molecule has 0 bridgehead atoms. The molecule has 1 unspecified atom stereocenters. The van der Waals surface area contributed by atoms with Gasteiger partial charge in [0.2, 0.25) is 11.8 Å². The molecule has 1 aliphatic heterocycles. The van der Waals surface area contributed by atoms with Crippen molar-refractivity contribution < 1.29 is 13.9 Å². The highest BCUT2D eigenvalue weighted by molar-refractivity contribution is 5.82. The Hall–Kier alpha value is -2.34. The van der Waals surface area contributed by atoms with Gasteiger partial charge in [-0.1, -0.05) is 26.0 Å². The summed E-state index contributed by atoms with van der Waals surface area (Å²) in [4.78, 5) is 18.6. The topological polar surface area (TPSA) is 67.6 Å². The van der Waals surface area contributed by atoms with E-state index in [0.717, 1.165) is 17.9 Å². The number of hydrogen-bond acceptors (Lipinski definition) is 5. The fourth-order valence-corrected chi connectivity index (χ4v) is 3.16. The third-order valence-electron chi connectivity index (χ3n) is 4.26. The van der Waals surface area contributed by atoms with Gasteiger partial charge < -0.3 is 14.5 Å². The second-order valence-electron chi connectivity index (χ2n) is 6.27. The van der Waals surface area contributed by atoms with Crippen molar-refractivity contribution in [3.63, 3.8) is 0 Å². The average Bonchev–Trinajstić information content (AvgIpc) is 3.03. The van der Waals surface area contributed by atoms with Crippen LogP contribution in [0.5, 0.6) is 5.75 Å². The summed E-state index contributed by atoms with van der Waals surface area (Å²) in [5, 5.41) is 2.93. The van der Waals surface area contributed by atoms with E-state index in [4.69, 9.17) is 9.15 Å². The van der Waals surface area contributed by atoms with Crippen molar-refractivity contribution in [3.8, 4) is 17.1 Å². The van der Waals surface area contributed by atoms with Gasteiger partial charge in [0.15, 0.2) is 5.76 Å². The number of nitrogens with one attached hydrogen (secondary N) is 1. The Morgan fingerprint density at radius 3 is 2.96 bits per heavy atom. The molecule has 1 atom stereocenters. The number of nitrogens with zero attached hydrogens (tertiary/aromatic N) is 2. The van der Waals surface area contributed by atoms with Crippen LogP contribution >= 0.6 is 0 Å². The number of ether oxygens (including phenoxy) is 1. The Bertz CT molecular complexity index is 711. The first-order chi connectivity index (χ1) is 11.6. The summed E-state index contributed by atoms with van der Waals surface area (Å²) in [5.41, 5.74) is 0.871. The molecule has 128 valence electrons. The van der Waals surface area contributed by atoms with E-state index in [1.807, 2.05) is 24.3 Å². The molecule has 0 aliphatic carbocycles. The number of hydrogen-bond donors (Lipinski definition) is 1. The molecule has 1 aromatic heterocycles. The highest BCUT2D eigenvalue weighted by Gasteiger charge is 2.32. The van der Waals surface area contributed by atoms with Crippen molar-refractivity contribution in [1.82, 2.24) is 15.2 Å². The maximum absolute atomic E-state index is 12.1. The normalized spacial score (nSPS) is 18.7. The van der Waals surface area contributed by atoms with Gasteiger partial charge in [-0.25, -0.2) is 4.98 Å². The van der Waals surface area contributed by atoms with E-state index < -0.39 is 0 Å². The Balaban J connectivity index is 1.79. The van der Waals surface area contributed by atoms with Gasteiger partial charge >= 0.3 is 0 Å². The first-order valence-electron chi connectivity index (χ1n) is 8.20. The number of para-hydroxylation sites is 1. The van der Waals surface area contributed by atoms with Crippen molar-refractivity contribution >= 4 is 5.91 Å². The van der Waals surface area contributed by atoms with Crippen molar-refractivity contribution in [2.75, 3.05) is 20.2 Å². The highest BCUT2D eigenvalue weighted by Crippen LogP contribution is 2.30. The zero-order valence-electron chi connectivity index (χ0n) is 14.3. The summed E-state index contributed by atoms with van der Waals surface area (Å²) >= 11 is 0. The molecular formula is C18H23N3O3. The average molecular weight is 329 g/mol. The maximum Gasteiger partial charge on any atom is 0.237 e. The lowest BCUT2D eigenvalue weighted by atomic mass is 10.00. The summed E-state index contributed by atoms with van der Waals surface area (Å²) in [6.45, 7) is 6.07. The lowest BCUT2D eigenvalue weighted by molar-refractivity contribution is -0.131. The number of carbonyl (C=O) groups excluding carboxylic acids is 1. The second kappa shape index (κ2) is 7.05. The van der Waals surface area contributed by atoms with Gasteiger partial charge in [-0.05, 0) is 18.1 Å². The number of rotatable bonds is 5. The van der Waals surface area contributed by atoms with Gasteiger partial charge in [0.1, 0.15) is 5.75 Å². The third-order valence-corrected chi connectivity index (χ3v) is 4.26. The predicted octanol–water partition coefficient (Wildman–Crippen LogP) is 2.31. The van der Waals surface area contributed by atoms with E-state index in [0.29, 0.717) is 24.7 Å². The van der Waals surface area contributed by atoms with E-state index in [1.165, 1.54) is 0 Å². The molecule has 1 aliphatic rings. The lowest BCUT2D eigenvalue weighted by Gasteiger charge is -2.36. The molecule has 2 heterocycles. The molecule has 1 amide bonds. The van der Waals surface area contributed by atoms with Crippen LogP contribution in [0.2, 0.25) is 0 Å². The number of amides is 1. The largest absolute Gasteiger partial charge is 0.496 e. The standard InChI is InChI=1S/C18H23N3O3/c1-12(2)17-18(22)19-8-9-21(17)11-16-20-10-15(24-16)13-6-4-5-7-14(13)23-3/h4-7,10,12,17H,8-9,11H2,1-3H3,(H,19,22). The Morgan fingerprint density at radius 1 is 1.42 bits per heavy atom. The van der Waals surface area contributed by atoms with Gasteiger partial charge in [0, 0.05) is 13.1 Å². The molecule has 24 heavy (non-hydrogen) atoms. The lowest BCUT2D eigenvalue weighted by Crippen LogP contribution is -2.56. The minimum Gasteiger partial charge on any atom is -0.496 e. The number of aromatic nitrogens is 1. The van der Waals surface area contributed by atoms with Crippen LogP contribution in [-0.2, 0) is 11.3 Å². The first-order valence-corrected chi connectivity index (χ1v) is 8.20. The third kappa shape index (κ3) is 3.28. The Labute approximate surface area is 141 Å². The van der Waals surface area contributed by atoms with Crippen LogP contribution < -0.4 is 10.1 Å². The quantitative estimate of drug-likeness (QED) is 0.912. The fourth-order valence-electron chi connectivity index (χ4n) is 3.16. The minimum atomic E-state index is -0.152. The van der Waals surface area contributed by atoms with E-state index in [-0.39, 0.29) is 17.9 Å². The molecule has 3 rings (SSSR count). The summed E-state index contributed by atoms with van der Waals surface area (Å²) in [6, 6.07) is 7.53. The fraction of sp³-hybridized carbons (Fsp3) is 0.444. The molecule has 1 fully saturated rings. The Morgan fingerprint density at radius 2 is 2.21 bits per heavy atom. The number of methoxy groups -OCH3 is 1. The van der Waals surface area contributed by atoms with Crippen LogP contribution in [0, 0.1) is 5.92 Å². The van der Waals surface area contributed by atoms with Crippen LogP contribution in [0.3, 0.4) is 0 Å². The van der Waals surface area contributed by atoms with Crippen LogP contribution in [0.25, 0.3) is 11.3 Å². The molecule has 6 heteroatoms. The monoisotopic (exact) mass is 329 g/mol. The van der Waals surface area contributed by atoms with E-state index >= 15 is 0 Å². The molecule has 0 saturated carbocycles. The number of benzene rings is 1. The summed E-state index contributed by atoms with van der Waals surface area (Å²) in [7, 11) is 1.63. The van der Waals surface area contributed by atoms with Crippen LogP contribution in [0.1, 0.15) is 19.7 Å². The van der Waals surface area contributed by atoms with E-state index in [9.17, 15) is 4.79 Å². The first kappa shape index (κ1) is 16.5. The zero-order chi connectivity index (χ0) is 17.1. The molecular weight excluding hydrogens is 306 g/mol.